The molecule has 0 saturated heterocycles. The van der Waals surface area contributed by atoms with Crippen LogP contribution in [0, 0.1) is 0 Å². The highest BCUT2D eigenvalue weighted by Gasteiger charge is 2.18. The van der Waals surface area contributed by atoms with Crippen LogP contribution in [-0.4, -0.2) is 21.2 Å². The number of nitrogens with zero attached hydrogens (tertiary/aromatic N) is 2. The highest BCUT2D eigenvalue weighted by molar-refractivity contribution is 6.31. The van der Waals surface area contributed by atoms with Gasteiger partial charge in [-0.3, -0.25) is 19.4 Å². The molecule has 0 bridgehead atoms. The van der Waals surface area contributed by atoms with Crippen LogP contribution in [0.25, 0.3) is 10.9 Å². The predicted molar refractivity (Wildman–Crippen MR) is 125 cm³/mol. The van der Waals surface area contributed by atoms with Crippen LogP contribution in [0.15, 0.2) is 78.0 Å². The molecule has 0 spiro atoms. The van der Waals surface area contributed by atoms with Gasteiger partial charge in [0.15, 0.2) is 5.78 Å². The van der Waals surface area contributed by atoms with Gasteiger partial charge in [0.1, 0.15) is 6.54 Å². The summed E-state index contributed by atoms with van der Waals surface area (Å²) >= 11 is 6.12. The SMILES string of the molecule is CCc1ccccc1NC(=O)Cn1cc(C(=O)c2ccncc2)c(=O)c2cc(Cl)ccc21. The molecule has 2 aromatic carbocycles. The number of carbonyl (C=O) groups is 2. The Morgan fingerprint density at radius 1 is 1.06 bits per heavy atom. The van der Waals surface area contributed by atoms with E-state index in [2.05, 4.69) is 10.3 Å². The Labute approximate surface area is 189 Å². The summed E-state index contributed by atoms with van der Waals surface area (Å²) in [6.07, 6.45) is 5.19. The van der Waals surface area contributed by atoms with Gasteiger partial charge in [-0.1, -0.05) is 36.7 Å². The van der Waals surface area contributed by atoms with Gasteiger partial charge < -0.3 is 9.88 Å². The number of pyridine rings is 2. The number of para-hydroxylation sites is 1. The molecule has 32 heavy (non-hydrogen) atoms. The minimum absolute atomic E-state index is 0.0345. The maximum absolute atomic E-state index is 13.1. The molecule has 4 rings (SSSR count). The summed E-state index contributed by atoms with van der Waals surface area (Å²) in [4.78, 5) is 42.9. The van der Waals surface area contributed by atoms with Crippen LogP contribution in [-0.2, 0) is 17.8 Å². The fourth-order valence-corrected chi connectivity index (χ4v) is 3.79. The first kappa shape index (κ1) is 21.5. The molecule has 0 saturated carbocycles. The molecule has 0 aliphatic rings. The number of amides is 1. The number of rotatable bonds is 6. The van der Waals surface area contributed by atoms with Gasteiger partial charge >= 0.3 is 0 Å². The summed E-state index contributed by atoms with van der Waals surface area (Å²) in [6, 6.07) is 15.5. The number of ketones is 1. The Morgan fingerprint density at radius 3 is 2.56 bits per heavy atom. The van der Waals surface area contributed by atoms with Crippen LogP contribution in [0.5, 0.6) is 0 Å². The van der Waals surface area contributed by atoms with Crippen molar-refractivity contribution in [2.24, 2.45) is 0 Å². The first-order chi connectivity index (χ1) is 15.5. The summed E-state index contributed by atoms with van der Waals surface area (Å²) in [6.45, 7) is 1.94. The minimum Gasteiger partial charge on any atom is -0.337 e. The number of nitrogens with one attached hydrogen (secondary N) is 1. The number of hydrogen-bond acceptors (Lipinski definition) is 4. The topological polar surface area (TPSA) is 81.1 Å². The summed E-state index contributed by atoms with van der Waals surface area (Å²) < 4.78 is 1.60. The molecule has 0 aliphatic carbocycles. The van der Waals surface area contributed by atoms with Gasteiger partial charge in [-0.15, -0.1) is 0 Å². The smallest absolute Gasteiger partial charge is 0.244 e. The van der Waals surface area contributed by atoms with Crippen molar-refractivity contribution >= 4 is 39.9 Å². The zero-order chi connectivity index (χ0) is 22.7. The third kappa shape index (κ3) is 4.31. The van der Waals surface area contributed by atoms with Crippen LogP contribution in [0.4, 0.5) is 5.69 Å². The fraction of sp³-hybridized carbons (Fsp3) is 0.120. The van der Waals surface area contributed by atoms with E-state index in [4.69, 9.17) is 11.6 Å². The van der Waals surface area contributed by atoms with Crippen LogP contribution in [0.2, 0.25) is 5.02 Å². The van der Waals surface area contributed by atoms with Gasteiger partial charge in [0, 0.05) is 40.3 Å². The first-order valence-corrected chi connectivity index (χ1v) is 10.5. The second-order valence-corrected chi connectivity index (χ2v) is 7.72. The molecule has 2 heterocycles. The van der Waals surface area contributed by atoms with E-state index in [0.717, 1.165) is 17.7 Å². The molecule has 2 aromatic heterocycles. The van der Waals surface area contributed by atoms with Crippen molar-refractivity contribution in [2.45, 2.75) is 19.9 Å². The van der Waals surface area contributed by atoms with Crippen LogP contribution in [0.3, 0.4) is 0 Å². The summed E-state index contributed by atoms with van der Waals surface area (Å²) in [5.74, 6) is -0.710. The van der Waals surface area contributed by atoms with Gasteiger partial charge in [-0.25, -0.2) is 0 Å². The molecule has 7 heteroatoms. The van der Waals surface area contributed by atoms with Crippen molar-refractivity contribution < 1.29 is 9.59 Å². The summed E-state index contributed by atoms with van der Waals surface area (Å²) in [5.41, 5.74) is 2.15. The van der Waals surface area contributed by atoms with E-state index in [9.17, 15) is 14.4 Å². The first-order valence-electron chi connectivity index (χ1n) is 10.1. The lowest BCUT2D eigenvalue weighted by Crippen LogP contribution is -2.24. The van der Waals surface area contributed by atoms with Crippen LogP contribution < -0.4 is 10.7 Å². The Hall–Kier alpha value is -3.77. The number of halogens is 1. The van der Waals surface area contributed by atoms with Crippen molar-refractivity contribution in [1.82, 2.24) is 9.55 Å². The van der Waals surface area contributed by atoms with Crippen molar-refractivity contribution in [3.8, 4) is 0 Å². The lowest BCUT2D eigenvalue weighted by molar-refractivity contribution is -0.116. The number of aryl methyl sites for hydroxylation is 1. The van der Waals surface area contributed by atoms with E-state index >= 15 is 0 Å². The zero-order valence-corrected chi connectivity index (χ0v) is 18.1. The molecule has 0 fully saturated rings. The van der Waals surface area contributed by atoms with E-state index in [-0.39, 0.29) is 23.4 Å². The molecule has 0 unspecified atom stereocenters. The standard InChI is InChI=1S/C25H20ClN3O3/c1-2-16-5-3-4-6-21(16)28-23(30)15-29-14-20(24(31)17-9-11-27-12-10-17)25(32)19-13-18(26)7-8-22(19)29/h3-14H,2,15H2,1H3,(H,28,30). The molecule has 1 amide bonds. The second kappa shape index (κ2) is 9.16. The summed E-state index contributed by atoms with van der Waals surface area (Å²) in [5, 5.41) is 3.57. The van der Waals surface area contributed by atoms with Crippen LogP contribution in [0.1, 0.15) is 28.4 Å². The van der Waals surface area contributed by atoms with E-state index in [1.165, 1.54) is 24.7 Å². The quantitative estimate of drug-likeness (QED) is 0.443. The fourth-order valence-electron chi connectivity index (χ4n) is 3.62. The maximum atomic E-state index is 13.1. The predicted octanol–water partition coefficient (Wildman–Crippen LogP) is 4.48. The Balaban J connectivity index is 1.76. The van der Waals surface area contributed by atoms with Gasteiger partial charge in [-0.2, -0.15) is 0 Å². The van der Waals surface area contributed by atoms with Gasteiger partial charge in [-0.05, 0) is 48.4 Å². The largest absolute Gasteiger partial charge is 0.337 e. The number of anilines is 1. The number of fused-ring (bicyclic) bond motifs is 1. The normalized spacial score (nSPS) is 10.8. The van der Waals surface area contributed by atoms with Crippen molar-refractivity contribution in [3.05, 3.63) is 105 Å². The molecule has 160 valence electrons. The highest BCUT2D eigenvalue weighted by Crippen LogP contribution is 2.20. The lowest BCUT2D eigenvalue weighted by Gasteiger charge is -2.15. The minimum atomic E-state index is -0.440. The maximum Gasteiger partial charge on any atom is 0.244 e. The van der Waals surface area contributed by atoms with E-state index in [1.54, 1.807) is 28.8 Å². The average molecular weight is 446 g/mol. The monoisotopic (exact) mass is 445 g/mol. The molecule has 0 radical (unpaired) electrons. The number of aromatic nitrogens is 2. The van der Waals surface area contributed by atoms with Crippen molar-refractivity contribution in [2.75, 3.05) is 5.32 Å². The molecule has 6 nitrogen and oxygen atoms in total. The molecule has 4 aromatic rings. The van der Waals surface area contributed by atoms with Gasteiger partial charge in [0.25, 0.3) is 0 Å². The van der Waals surface area contributed by atoms with Gasteiger partial charge in [0.2, 0.25) is 11.3 Å². The number of carbonyl (C=O) groups excluding carboxylic acids is 2. The molecule has 1 N–H and O–H groups in total. The Bertz CT molecular complexity index is 1380. The Morgan fingerprint density at radius 2 is 1.81 bits per heavy atom. The average Bonchev–Trinajstić information content (AvgIpc) is 2.81. The lowest BCUT2D eigenvalue weighted by atomic mass is 10.0. The molecule has 0 aliphatic heterocycles. The third-order valence-electron chi connectivity index (χ3n) is 5.22. The van der Waals surface area contributed by atoms with Gasteiger partial charge in [0.05, 0.1) is 11.1 Å². The zero-order valence-electron chi connectivity index (χ0n) is 17.3. The number of benzene rings is 2. The van der Waals surface area contributed by atoms with E-state index in [1.807, 2.05) is 31.2 Å². The molecular formula is C25H20ClN3O3. The van der Waals surface area contributed by atoms with E-state index < -0.39 is 11.2 Å². The number of hydrogen-bond donors (Lipinski definition) is 1. The summed E-state index contributed by atoms with van der Waals surface area (Å²) in [7, 11) is 0. The molecule has 0 atom stereocenters. The van der Waals surface area contributed by atoms with Crippen molar-refractivity contribution in [1.29, 1.82) is 0 Å². The van der Waals surface area contributed by atoms with E-state index in [0.29, 0.717) is 16.1 Å². The van der Waals surface area contributed by atoms with Crippen molar-refractivity contribution in [3.63, 3.8) is 0 Å². The highest BCUT2D eigenvalue weighted by atomic mass is 35.5. The second-order valence-electron chi connectivity index (χ2n) is 7.29. The Kier molecular flexibility index (Phi) is 6.14. The van der Waals surface area contributed by atoms with Crippen LogP contribution >= 0.6 is 11.6 Å². The third-order valence-corrected chi connectivity index (χ3v) is 5.45. The molecular weight excluding hydrogens is 426 g/mol.